The Morgan fingerprint density at radius 2 is 1.70 bits per heavy atom. The highest BCUT2D eigenvalue weighted by Crippen LogP contribution is 2.44. The molecule has 0 bridgehead atoms. The zero-order valence-corrected chi connectivity index (χ0v) is 19.7. The van der Waals surface area contributed by atoms with Crippen LogP contribution in [0.2, 0.25) is 0 Å². The molecule has 1 aliphatic heterocycles. The van der Waals surface area contributed by atoms with E-state index in [1.807, 2.05) is 30.3 Å². The third-order valence-electron chi connectivity index (χ3n) is 7.05. The second-order valence-electron chi connectivity index (χ2n) is 9.56. The smallest absolute Gasteiger partial charge is 0.133 e. The minimum Gasteiger partial charge on any atom is -0.496 e. The summed E-state index contributed by atoms with van der Waals surface area (Å²) in [7, 11) is 1.72. The molecule has 164 valence electrons. The first-order chi connectivity index (χ1) is 14.3. The molecule has 3 nitrogen and oxygen atoms in total. The fourth-order valence-electron chi connectivity index (χ4n) is 5.20. The summed E-state index contributed by atoms with van der Waals surface area (Å²) in [5.74, 6) is 0.795. The van der Waals surface area contributed by atoms with Crippen LogP contribution < -0.4 is 4.74 Å². The second kappa shape index (κ2) is 9.11. The van der Waals surface area contributed by atoms with Gasteiger partial charge in [-0.2, -0.15) is 0 Å². The molecule has 0 saturated carbocycles. The number of likely N-dealkylation sites (tertiary alicyclic amines) is 1. The molecule has 1 fully saturated rings. The average molecular weight is 410 g/mol. The molecule has 0 aliphatic carbocycles. The van der Waals surface area contributed by atoms with Crippen molar-refractivity contribution < 1.29 is 9.84 Å². The number of rotatable bonds is 8. The standard InChI is InChI=1S/C27H39NO2/c1-7-15-26(4,5)23-18-20(2)25(30-6)24(19-23)27(29,22-13-9-8-10-14-22)21(3)28-16-11-12-17-28/h8-10,13-14,18-19,21,29H,7,11-12,15-17H2,1-6H3. The van der Waals surface area contributed by atoms with Crippen molar-refractivity contribution in [2.24, 2.45) is 0 Å². The Morgan fingerprint density at radius 1 is 1.07 bits per heavy atom. The van der Waals surface area contributed by atoms with Crippen molar-refractivity contribution in [2.45, 2.75) is 77.4 Å². The van der Waals surface area contributed by atoms with Crippen LogP contribution in [0.25, 0.3) is 0 Å². The summed E-state index contributed by atoms with van der Waals surface area (Å²) in [5.41, 5.74) is 3.04. The lowest BCUT2D eigenvalue weighted by atomic mass is 9.74. The van der Waals surface area contributed by atoms with Crippen LogP contribution in [-0.4, -0.2) is 36.2 Å². The summed E-state index contributed by atoms with van der Waals surface area (Å²) in [6.07, 6.45) is 4.61. The lowest BCUT2D eigenvalue weighted by Crippen LogP contribution is -2.49. The second-order valence-corrected chi connectivity index (χ2v) is 9.56. The van der Waals surface area contributed by atoms with Crippen molar-refractivity contribution in [3.05, 3.63) is 64.7 Å². The summed E-state index contributed by atoms with van der Waals surface area (Å²) in [6.45, 7) is 13.1. The molecule has 0 spiro atoms. The highest BCUT2D eigenvalue weighted by molar-refractivity contribution is 5.53. The Labute approximate surface area is 183 Å². The molecule has 1 heterocycles. The summed E-state index contributed by atoms with van der Waals surface area (Å²) >= 11 is 0. The maximum atomic E-state index is 12.5. The molecule has 2 atom stereocenters. The van der Waals surface area contributed by atoms with Gasteiger partial charge in [0.05, 0.1) is 7.11 Å². The lowest BCUT2D eigenvalue weighted by Gasteiger charge is -2.42. The Balaban J connectivity index is 2.25. The first kappa shape index (κ1) is 22.8. The van der Waals surface area contributed by atoms with Crippen LogP contribution in [0.15, 0.2) is 42.5 Å². The first-order valence-electron chi connectivity index (χ1n) is 11.5. The van der Waals surface area contributed by atoms with E-state index in [-0.39, 0.29) is 11.5 Å². The van der Waals surface area contributed by atoms with Gasteiger partial charge in [-0.25, -0.2) is 0 Å². The number of aliphatic hydroxyl groups is 1. The molecule has 30 heavy (non-hydrogen) atoms. The first-order valence-corrected chi connectivity index (χ1v) is 11.5. The van der Waals surface area contributed by atoms with Gasteiger partial charge in [0.2, 0.25) is 0 Å². The number of hydrogen-bond acceptors (Lipinski definition) is 3. The third-order valence-corrected chi connectivity index (χ3v) is 7.05. The van der Waals surface area contributed by atoms with Crippen LogP contribution in [0.5, 0.6) is 5.75 Å². The van der Waals surface area contributed by atoms with E-state index >= 15 is 0 Å². The molecule has 3 rings (SSSR count). The van der Waals surface area contributed by atoms with E-state index in [0.29, 0.717) is 0 Å². The number of ether oxygens (including phenoxy) is 1. The van der Waals surface area contributed by atoms with Crippen LogP contribution in [0.4, 0.5) is 0 Å². The predicted octanol–water partition coefficient (Wildman–Crippen LogP) is 5.80. The SMILES string of the molecule is CCCC(C)(C)c1cc(C)c(OC)c(C(O)(c2ccccc2)C(C)N2CCCC2)c1. The van der Waals surface area contributed by atoms with Gasteiger partial charge in [-0.15, -0.1) is 0 Å². The van der Waals surface area contributed by atoms with Gasteiger partial charge in [0, 0.05) is 11.6 Å². The molecule has 1 saturated heterocycles. The lowest BCUT2D eigenvalue weighted by molar-refractivity contribution is -0.00636. The Kier molecular flexibility index (Phi) is 6.94. The largest absolute Gasteiger partial charge is 0.496 e. The van der Waals surface area contributed by atoms with Crippen molar-refractivity contribution in [3.8, 4) is 5.75 Å². The zero-order chi connectivity index (χ0) is 21.9. The van der Waals surface area contributed by atoms with Gasteiger partial charge in [-0.3, -0.25) is 4.90 Å². The van der Waals surface area contributed by atoms with Gasteiger partial charge >= 0.3 is 0 Å². The number of methoxy groups -OCH3 is 1. The van der Waals surface area contributed by atoms with E-state index in [1.54, 1.807) is 7.11 Å². The van der Waals surface area contributed by atoms with Crippen molar-refractivity contribution >= 4 is 0 Å². The molecular weight excluding hydrogens is 370 g/mol. The maximum Gasteiger partial charge on any atom is 0.133 e. The average Bonchev–Trinajstić information content (AvgIpc) is 3.27. The zero-order valence-electron chi connectivity index (χ0n) is 19.7. The fraction of sp³-hybridized carbons (Fsp3) is 0.556. The summed E-state index contributed by atoms with van der Waals surface area (Å²) in [6, 6.07) is 14.5. The van der Waals surface area contributed by atoms with Gasteiger partial charge in [-0.05, 0) is 74.4 Å². The molecule has 1 aliphatic rings. The Morgan fingerprint density at radius 3 is 2.27 bits per heavy atom. The number of aryl methyl sites for hydroxylation is 1. The number of benzene rings is 2. The maximum absolute atomic E-state index is 12.5. The minimum absolute atomic E-state index is 0.0367. The van der Waals surface area contributed by atoms with E-state index in [9.17, 15) is 5.11 Å². The molecule has 1 N–H and O–H groups in total. The van der Waals surface area contributed by atoms with Gasteiger partial charge in [0.1, 0.15) is 11.4 Å². The monoisotopic (exact) mass is 409 g/mol. The molecule has 3 heteroatoms. The highest BCUT2D eigenvalue weighted by atomic mass is 16.5. The van der Waals surface area contributed by atoms with Crippen molar-refractivity contribution in [2.75, 3.05) is 20.2 Å². The van der Waals surface area contributed by atoms with Crippen LogP contribution in [0.1, 0.15) is 75.6 Å². The summed E-state index contributed by atoms with van der Waals surface area (Å²) < 4.78 is 5.91. The van der Waals surface area contributed by atoms with Gasteiger partial charge in [-0.1, -0.05) is 63.6 Å². The topological polar surface area (TPSA) is 32.7 Å². The van der Waals surface area contributed by atoms with Crippen molar-refractivity contribution in [1.29, 1.82) is 0 Å². The van der Waals surface area contributed by atoms with E-state index in [4.69, 9.17) is 4.74 Å². The van der Waals surface area contributed by atoms with Crippen LogP contribution >= 0.6 is 0 Å². The molecule has 2 aromatic rings. The summed E-state index contributed by atoms with van der Waals surface area (Å²) in [4.78, 5) is 2.42. The number of hydrogen-bond donors (Lipinski definition) is 1. The van der Waals surface area contributed by atoms with Crippen molar-refractivity contribution in [3.63, 3.8) is 0 Å². The molecule has 2 unspecified atom stereocenters. The van der Waals surface area contributed by atoms with Crippen LogP contribution in [-0.2, 0) is 11.0 Å². The van der Waals surface area contributed by atoms with E-state index in [2.05, 4.69) is 51.7 Å². The van der Waals surface area contributed by atoms with E-state index in [1.165, 1.54) is 18.4 Å². The van der Waals surface area contributed by atoms with Gasteiger partial charge in [0.15, 0.2) is 0 Å². The minimum atomic E-state index is -1.15. The highest BCUT2D eigenvalue weighted by Gasteiger charge is 2.44. The fourth-order valence-corrected chi connectivity index (χ4v) is 5.20. The molecule has 2 aromatic carbocycles. The number of nitrogens with zero attached hydrogens (tertiary/aromatic N) is 1. The summed E-state index contributed by atoms with van der Waals surface area (Å²) in [5, 5.41) is 12.5. The molecule has 0 radical (unpaired) electrons. The Hall–Kier alpha value is -1.84. The van der Waals surface area contributed by atoms with Gasteiger partial charge in [0.25, 0.3) is 0 Å². The van der Waals surface area contributed by atoms with Gasteiger partial charge < -0.3 is 9.84 Å². The Bertz CT molecular complexity index is 839. The van der Waals surface area contributed by atoms with Crippen LogP contribution in [0.3, 0.4) is 0 Å². The molecule has 0 aromatic heterocycles. The van der Waals surface area contributed by atoms with E-state index in [0.717, 1.165) is 48.4 Å². The quantitative estimate of drug-likeness (QED) is 0.598. The van der Waals surface area contributed by atoms with Crippen molar-refractivity contribution in [1.82, 2.24) is 4.90 Å². The normalized spacial score (nSPS) is 18.2. The van der Waals surface area contributed by atoms with Crippen LogP contribution in [0, 0.1) is 6.92 Å². The predicted molar refractivity (Wildman–Crippen MR) is 125 cm³/mol. The third kappa shape index (κ3) is 4.15. The van der Waals surface area contributed by atoms with E-state index < -0.39 is 5.60 Å². The molecular formula is C27H39NO2. The molecule has 0 amide bonds.